The van der Waals surface area contributed by atoms with Gasteiger partial charge in [0, 0.05) is 5.02 Å². The summed E-state index contributed by atoms with van der Waals surface area (Å²) >= 11 is 5.87. The van der Waals surface area contributed by atoms with Gasteiger partial charge >= 0.3 is 6.18 Å². The van der Waals surface area contributed by atoms with Gasteiger partial charge in [0.1, 0.15) is 11.5 Å². The van der Waals surface area contributed by atoms with Gasteiger partial charge in [0.05, 0.1) is 25.0 Å². The van der Waals surface area contributed by atoms with Gasteiger partial charge in [-0.3, -0.25) is 4.79 Å². The summed E-state index contributed by atoms with van der Waals surface area (Å²) in [5, 5.41) is 5.70. The number of amides is 1. The molecule has 2 aromatic carbocycles. The van der Waals surface area contributed by atoms with Gasteiger partial charge in [0.15, 0.2) is 6.61 Å². The van der Waals surface area contributed by atoms with E-state index in [0.29, 0.717) is 11.4 Å². The molecule has 0 saturated carbocycles. The molecule has 27 heavy (non-hydrogen) atoms. The Morgan fingerprint density at radius 2 is 1.81 bits per heavy atom. The van der Waals surface area contributed by atoms with Crippen molar-refractivity contribution in [1.82, 2.24) is 0 Å². The van der Waals surface area contributed by atoms with Crippen LogP contribution in [0.5, 0.6) is 11.5 Å². The van der Waals surface area contributed by atoms with Crippen molar-refractivity contribution in [3.63, 3.8) is 0 Å². The lowest BCUT2D eigenvalue weighted by Gasteiger charge is -2.15. The fourth-order valence-electron chi connectivity index (χ4n) is 2.22. The minimum Gasteiger partial charge on any atom is -0.495 e. The number of carbonyl (C=O) groups excluding carboxylic acids is 1. The number of methoxy groups -OCH3 is 1. The molecule has 5 nitrogen and oxygen atoms in total. The third-order valence-corrected chi connectivity index (χ3v) is 3.64. The third kappa shape index (κ3) is 6.56. The number of benzene rings is 2. The first-order chi connectivity index (χ1) is 12.7. The van der Waals surface area contributed by atoms with E-state index >= 15 is 0 Å². The van der Waals surface area contributed by atoms with E-state index in [9.17, 15) is 18.0 Å². The van der Waals surface area contributed by atoms with Gasteiger partial charge < -0.3 is 20.1 Å². The van der Waals surface area contributed by atoms with Crippen LogP contribution in [0.25, 0.3) is 0 Å². The molecule has 2 rings (SSSR count). The Labute approximate surface area is 159 Å². The number of anilines is 2. The minimum absolute atomic E-state index is 0.0577. The molecule has 0 heterocycles. The van der Waals surface area contributed by atoms with Crippen LogP contribution < -0.4 is 20.1 Å². The van der Waals surface area contributed by atoms with Crippen LogP contribution in [0.15, 0.2) is 36.4 Å². The fraction of sp³-hybridized carbons (Fsp3) is 0.278. The molecule has 0 spiro atoms. The SMILES string of the molecule is COc1ccc(C)cc1NC(=O)CNc1cc(Cl)ccc1OCC(F)(F)F. The molecule has 9 heteroatoms. The van der Waals surface area contributed by atoms with Crippen molar-refractivity contribution in [3.8, 4) is 11.5 Å². The number of aryl methyl sites for hydroxylation is 1. The highest BCUT2D eigenvalue weighted by Crippen LogP contribution is 2.30. The largest absolute Gasteiger partial charge is 0.495 e. The molecule has 2 N–H and O–H groups in total. The van der Waals surface area contributed by atoms with Crippen molar-refractivity contribution in [2.45, 2.75) is 13.1 Å². The highest BCUT2D eigenvalue weighted by atomic mass is 35.5. The van der Waals surface area contributed by atoms with E-state index < -0.39 is 18.7 Å². The van der Waals surface area contributed by atoms with Gasteiger partial charge in [-0.1, -0.05) is 17.7 Å². The summed E-state index contributed by atoms with van der Waals surface area (Å²) < 4.78 is 47.0. The molecule has 1 amide bonds. The van der Waals surface area contributed by atoms with E-state index in [-0.39, 0.29) is 23.0 Å². The highest BCUT2D eigenvalue weighted by Gasteiger charge is 2.28. The molecular weight excluding hydrogens is 385 g/mol. The lowest BCUT2D eigenvalue weighted by Crippen LogP contribution is -2.23. The van der Waals surface area contributed by atoms with E-state index in [1.807, 2.05) is 13.0 Å². The Balaban J connectivity index is 2.04. The number of nitrogens with one attached hydrogen (secondary N) is 2. The van der Waals surface area contributed by atoms with Crippen molar-refractivity contribution in [2.24, 2.45) is 0 Å². The van der Waals surface area contributed by atoms with Crippen molar-refractivity contribution < 1.29 is 27.4 Å². The lowest BCUT2D eigenvalue weighted by molar-refractivity contribution is -0.153. The minimum atomic E-state index is -4.48. The van der Waals surface area contributed by atoms with E-state index in [4.69, 9.17) is 21.1 Å². The van der Waals surface area contributed by atoms with Crippen LogP contribution in [0.4, 0.5) is 24.5 Å². The van der Waals surface area contributed by atoms with E-state index in [2.05, 4.69) is 10.6 Å². The number of ether oxygens (including phenoxy) is 2. The van der Waals surface area contributed by atoms with Crippen LogP contribution >= 0.6 is 11.6 Å². The predicted octanol–water partition coefficient (Wildman–Crippen LogP) is 4.65. The number of rotatable bonds is 7. The zero-order chi connectivity index (χ0) is 20.0. The Morgan fingerprint density at radius 1 is 1.11 bits per heavy atom. The zero-order valence-electron chi connectivity index (χ0n) is 14.6. The topological polar surface area (TPSA) is 59.6 Å². The standard InChI is InChI=1S/C18H18ClF3N2O3/c1-11-3-5-15(26-2)14(7-11)24-17(25)9-23-13-8-12(19)4-6-16(13)27-10-18(20,21)22/h3-8,23H,9-10H2,1-2H3,(H,24,25). The Hall–Kier alpha value is -2.61. The second-order valence-corrected chi connectivity index (χ2v) is 6.09. The molecule has 0 radical (unpaired) electrons. The molecule has 0 aliphatic rings. The summed E-state index contributed by atoms with van der Waals surface area (Å²) in [6.45, 7) is 0.208. The average Bonchev–Trinajstić information content (AvgIpc) is 2.58. The van der Waals surface area contributed by atoms with E-state index in [1.54, 1.807) is 12.1 Å². The summed E-state index contributed by atoms with van der Waals surface area (Å²) in [7, 11) is 1.48. The van der Waals surface area contributed by atoms with Crippen molar-refractivity contribution in [3.05, 3.63) is 47.0 Å². The molecule has 0 bridgehead atoms. The first kappa shape index (κ1) is 20.7. The van der Waals surface area contributed by atoms with Gasteiger partial charge in [0.2, 0.25) is 5.91 Å². The predicted molar refractivity (Wildman–Crippen MR) is 97.9 cm³/mol. The van der Waals surface area contributed by atoms with Crippen LogP contribution in [-0.4, -0.2) is 32.3 Å². The lowest BCUT2D eigenvalue weighted by atomic mass is 10.2. The normalized spacial score (nSPS) is 11.0. The fourth-order valence-corrected chi connectivity index (χ4v) is 2.39. The molecule has 0 fully saturated rings. The molecule has 2 aromatic rings. The van der Waals surface area contributed by atoms with Crippen LogP contribution in [0.2, 0.25) is 5.02 Å². The second kappa shape index (κ2) is 8.85. The average molecular weight is 403 g/mol. The monoisotopic (exact) mass is 402 g/mol. The first-order valence-electron chi connectivity index (χ1n) is 7.85. The van der Waals surface area contributed by atoms with Crippen molar-refractivity contribution in [2.75, 3.05) is 30.9 Å². The second-order valence-electron chi connectivity index (χ2n) is 5.65. The van der Waals surface area contributed by atoms with Gasteiger partial charge in [-0.15, -0.1) is 0 Å². The van der Waals surface area contributed by atoms with Crippen molar-refractivity contribution >= 4 is 28.9 Å². The van der Waals surface area contributed by atoms with Crippen molar-refractivity contribution in [1.29, 1.82) is 0 Å². The third-order valence-electron chi connectivity index (χ3n) is 3.40. The van der Waals surface area contributed by atoms with Gasteiger partial charge in [0.25, 0.3) is 0 Å². The van der Waals surface area contributed by atoms with Crippen LogP contribution in [0.3, 0.4) is 0 Å². The summed E-state index contributed by atoms with van der Waals surface area (Å²) in [5.74, 6) is 0.0178. The van der Waals surface area contributed by atoms with Gasteiger partial charge in [-0.25, -0.2) is 0 Å². The van der Waals surface area contributed by atoms with E-state index in [0.717, 1.165) is 5.56 Å². The Kier molecular flexibility index (Phi) is 6.79. The molecule has 0 unspecified atom stereocenters. The maximum atomic E-state index is 12.4. The summed E-state index contributed by atoms with van der Waals surface area (Å²) in [4.78, 5) is 12.2. The van der Waals surface area contributed by atoms with Crippen LogP contribution in [-0.2, 0) is 4.79 Å². The number of carbonyl (C=O) groups is 1. The Bertz CT molecular complexity index is 813. The van der Waals surface area contributed by atoms with Gasteiger partial charge in [-0.2, -0.15) is 13.2 Å². The number of alkyl halides is 3. The molecule has 0 atom stereocenters. The molecule has 0 aliphatic heterocycles. The van der Waals surface area contributed by atoms with Crippen LogP contribution in [0, 0.1) is 6.92 Å². The molecular formula is C18H18ClF3N2O3. The number of halogens is 4. The highest BCUT2D eigenvalue weighted by molar-refractivity contribution is 6.30. The van der Waals surface area contributed by atoms with E-state index in [1.165, 1.54) is 25.3 Å². The smallest absolute Gasteiger partial charge is 0.422 e. The summed E-state index contributed by atoms with van der Waals surface area (Å²) in [6, 6.07) is 9.39. The molecule has 0 aliphatic carbocycles. The molecule has 0 aromatic heterocycles. The summed E-state index contributed by atoms with van der Waals surface area (Å²) in [5.41, 5.74) is 1.60. The first-order valence-corrected chi connectivity index (χ1v) is 8.23. The Morgan fingerprint density at radius 3 is 2.48 bits per heavy atom. The van der Waals surface area contributed by atoms with Gasteiger partial charge in [-0.05, 0) is 42.8 Å². The molecule has 0 saturated heterocycles. The zero-order valence-corrected chi connectivity index (χ0v) is 15.4. The summed E-state index contributed by atoms with van der Waals surface area (Å²) in [6.07, 6.45) is -4.48. The maximum absolute atomic E-state index is 12.4. The quantitative estimate of drug-likeness (QED) is 0.707. The number of hydrogen-bond donors (Lipinski definition) is 2. The number of hydrogen-bond acceptors (Lipinski definition) is 4. The maximum Gasteiger partial charge on any atom is 0.422 e. The molecule has 146 valence electrons. The van der Waals surface area contributed by atoms with Crippen LogP contribution in [0.1, 0.15) is 5.56 Å².